The van der Waals surface area contributed by atoms with Gasteiger partial charge in [0.25, 0.3) is 0 Å². The van der Waals surface area contributed by atoms with Gasteiger partial charge in [-0.15, -0.1) is 0 Å². The quantitative estimate of drug-likeness (QED) is 0.753. The van der Waals surface area contributed by atoms with Gasteiger partial charge in [0.1, 0.15) is 6.61 Å². The first kappa shape index (κ1) is 14.1. The highest BCUT2D eigenvalue weighted by atomic mass is 79.9. The third kappa shape index (κ3) is 3.82. The zero-order valence-electron chi connectivity index (χ0n) is 10.3. The van der Waals surface area contributed by atoms with Crippen LogP contribution in [0.1, 0.15) is 21.5 Å². The molecule has 0 aliphatic rings. The molecule has 0 N–H and O–H groups in total. The van der Waals surface area contributed by atoms with Crippen molar-refractivity contribution in [3.05, 3.63) is 68.7 Å². The van der Waals surface area contributed by atoms with Crippen molar-refractivity contribution in [1.82, 2.24) is 0 Å². The van der Waals surface area contributed by atoms with Crippen molar-refractivity contribution < 1.29 is 9.53 Å². The number of hydrogen-bond acceptors (Lipinski definition) is 2. The van der Waals surface area contributed by atoms with Gasteiger partial charge < -0.3 is 4.74 Å². The lowest BCUT2D eigenvalue weighted by Crippen LogP contribution is -2.05. The van der Waals surface area contributed by atoms with E-state index >= 15 is 0 Å². The van der Waals surface area contributed by atoms with Gasteiger partial charge in [0.05, 0.1) is 5.56 Å². The van der Waals surface area contributed by atoms with Crippen molar-refractivity contribution in [2.24, 2.45) is 0 Å². The van der Waals surface area contributed by atoms with Gasteiger partial charge in [0.2, 0.25) is 0 Å². The molecule has 0 bridgehead atoms. The molecule has 0 saturated heterocycles. The minimum Gasteiger partial charge on any atom is -0.457 e. The van der Waals surface area contributed by atoms with Crippen molar-refractivity contribution in [2.45, 2.75) is 13.5 Å². The summed E-state index contributed by atoms with van der Waals surface area (Å²) in [7, 11) is 0. The Kier molecular flexibility index (Phi) is 4.61. The first-order chi connectivity index (χ1) is 9.06. The summed E-state index contributed by atoms with van der Waals surface area (Å²) in [6, 6.07) is 12.6. The fourth-order valence-corrected chi connectivity index (χ4v) is 2.17. The number of ether oxygens (including phenoxy) is 1. The van der Waals surface area contributed by atoms with Gasteiger partial charge in [0, 0.05) is 9.50 Å². The summed E-state index contributed by atoms with van der Waals surface area (Å²) in [5, 5.41) is 0.631. The Hall–Kier alpha value is -1.32. The molecule has 0 aliphatic carbocycles. The Balaban J connectivity index is 2.03. The van der Waals surface area contributed by atoms with Crippen molar-refractivity contribution in [3.63, 3.8) is 0 Å². The van der Waals surface area contributed by atoms with E-state index in [0.29, 0.717) is 10.6 Å². The molecule has 2 aromatic carbocycles. The number of esters is 1. The van der Waals surface area contributed by atoms with Crippen LogP contribution in [0.4, 0.5) is 0 Å². The Morgan fingerprint density at radius 2 is 2.05 bits per heavy atom. The summed E-state index contributed by atoms with van der Waals surface area (Å²) in [5.74, 6) is -0.347. The molecule has 2 nitrogen and oxygen atoms in total. The summed E-state index contributed by atoms with van der Waals surface area (Å²) in [4.78, 5) is 11.9. The van der Waals surface area contributed by atoms with Gasteiger partial charge in [-0.1, -0.05) is 45.7 Å². The molecule has 98 valence electrons. The molecule has 4 heteroatoms. The van der Waals surface area contributed by atoms with Gasteiger partial charge in [-0.3, -0.25) is 0 Å². The normalized spacial score (nSPS) is 10.3. The zero-order valence-corrected chi connectivity index (χ0v) is 12.7. The lowest BCUT2D eigenvalue weighted by Gasteiger charge is -2.06. The van der Waals surface area contributed by atoms with E-state index in [2.05, 4.69) is 15.9 Å². The molecule has 0 aromatic heterocycles. The fourth-order valence-electron chi connectivity index (χ4n) is 1.58. The predicted molar refractivity (Wildman–Crippen MR) is 79.5 cm³/mol. The first-order valence-electron chi connectivity index (χ1n) is 5.74. The molecule has 0 atom stereocenters. The highest BCUT2D eigenvalue weighted by molar-refractivity contribution is 9.10. The first-order valence-corrected chi connectivity index (χ1v) is 6.91. The van der Waals surface area contributed by atoms with Crippen LogP contribution in [-0.4, -0.2) is 5.97 Å². The van der Waals surface area contributed by atoms with Gasteiger partial charge >= 0.3 is 5.97 Å². The van der Waals surface area contributed by atoms with E-state index in [-0.39, 0.29) is 12.6 Å². The Morgan fingerprint density at radius 1 is 1.26 bits per heavy atom. The van der Waals surface area contributed by atoms with Crippen LogP contribution in [0.2, 0.25) is 5.02 Å². The third-order valence-electron chi connectivity index (χ3n) is 2.67. The maximum atomic E-state index is 11.9. The SMILES string of the molecule is Cc1ccc(C(=O)OCc2cccc(Cl)c2)cc1Br. The number of carbonyl (C=O) groups excluding carboxylic acids is 1. The highest BCUT2D eigenvalue weighted by Crippen LogP contribution is 2.18. The summed E-state index contributed by atoms with van der Waals surface area (Å²) < 4.78 is 6.14. The summed E-state index contributed by atoms with van der Waals surface area (Å²) in [6.45, 7) is 2.18. The molecule has 0 saturated carbocycles. The van der Waals surface area contributed by atoms with Crippen LogP contribution >= 0.6 is 27.5 Å². The molecule has 0 spiro atoms. The van der Waals surface area contributed by atoms with Crippen molar-refractivity contribution in [1.29, 1.82) is 0 Å². The van der Waals surface area contributed by atoms with E-state index in [4.69, 9.17) is 16.3 Å². The zero-order chi connectivity index (χ0) is 13.8. The standard InChI is InChI=1S/C15H12BrClO2/c1-10-5-6-12(8-14(10)16)15(18)19-9-11-3-2-4-13(17)7-11/h2-8H,9H2,1H3. The predicted octanol–water partition coefficient (Wildman–Crippen LogP) is 4.77. The minimum absolute atomic E-state index is 0.213. The molecule has 0 aliphatic heterocycles. The van der Waals surface area contributed by atoms with Crippen LogP contribution in [0, 0.1) is 6.92 Å². The molecule has 0 heterocycles. The van der Waals surface area contributed by atoms with E-state index in [1.807, 2.05) is 25.1 Å². The van der Waals surface area contributed by atoms with Crippen molar-refractivity contribution in [3.8, 4) is 0 Å². The average Bonchev–Trinajstić information content (AvgIpc) is 2.39. The monoisotopic (exact) mass is 338 g/mol. The maximum Gasteiger partial charge on any atom is 0.338 e. The second-order valence-electron chi connectivity index (χ2n) is 4.17. The molecule has 2 aromatic rings. The third-order valence-corrected chi connectivity index (χ3v) is 3.76. The molecular formula is C15H12BrClO2. The largest absolute Gasteiger partial charge is 0.457 e. The van der Waals surface area contributed by atoms with Crippen molar-refractivity contribution >= 4 is 33.5 Å². The summed E-state index contributed by atoms with van der Waals surface area (Å²) in [6.07, 6.45) is 0. The van der Waals surface area contributed by atoms with Crippen molar-refractivity contribution in [2.75, 3.05) is 0 Å². The van der Waals surface area contributed by atoms with Crippen LogP contribution in [-0.2, 0) is 11.3 Å². The van der Waals surface area contributed by atoms with Crippen LogP contribution in [0.5, 0.6) is 0 Å². The smallest absolute Gasteiger partial charge is 0.338 e. The molecular weight excluding hydrogens is 328 g/mol. The van der Waals surface area contributed by atoms with Crippen LogP contribution in [0.25, 0.3) is 0 Å². The number of halogens is 2. The van der Waals surface area contributed by atoms with Gasteiger partial charge in [0.15, 0.2) is 0 Å². The number of rotatable bonds is 3. The number of aryl methyl sites for hydroxylation is 1. The number of hydrogen-bond donors (Lipinski definition) is 0. The average molecular weight is 340 g/mol. The molecule has 0 amide bonds. The molecule has 19 heavy (non-hydrogen) atoms. The summed E-state index contributed by atoms with van der Waals surface area (Å²) >= 11 is 9.26. The van der Waals surface area contributed by atoms with E-state index in [9.17, 15) is 4.79 Å². The van der Waals surface area contributed by atoms with Crippen LogP contribution in [0.15, 0.2) is 46.9 Å². The number of benzene rings is 2. The van der Waals surface area contributed by atoms with E-state index in [1.54, 1.807) is 24.3 Å². The van der Waals surface area contributed by atoms with E-state index in [1.165, 1.54) is 0 Å². The number of carbonyl (C=O) groups is 1. The molecule has 0 fully saturated rings. The Labute approximate surface area is 125 Å². The second kappa shape index (κ2) is 6.22. The fraction of sp³-hybridized carbons (Fsp3) is 0.133. The van der Waals surface area contributed by atoms with Crippen LogP contribution in [0.3, 0.4) is 0 Å². The van der Waals surface area contributed by atoms with E-state index < -0.39 is 0 Å². The maximum absolute atomic E-state index is 11.9. The lowest BCUT2D eigenvalue weighted by atomic mass is 10.1. The Bertz CT molecular complexity index is 611. The van der Waals surface area contributed by atoms with Gasteiger partial charge in [-0.05, 0) is 42.3 Å². The van der Waals surface area contributed by atoms with Gasteiger partial charge in [-0.2, -0.15) is 0 Å². The molecule has 0 unspecified atom stereocenters. The molecule has 2 rings (SSSR count). The highest BCUT2D eigenvalue weighted by Gasteiger charge is 2.09. The minimum atomic E-state index is -0.347. The summed E-state index contributed by atoms with van der Waals surface area (Å²) in [5.41, 5.74) is 2.47. The topological polar surface area (TPSA) is 26.3 Å². The van der Waals surface area contributed by atoms with E-state index in [0.717, 1.165) is 15.6 Å². The Morgan fingerprint density at radius 3 is 2.74 bits per heavy atom. The van der Waals surface area contributed by atoms with Crippen LogP contribution < -0.4 is 0 Å². The lowest BCUT2D eigenvalue weighted by molar-refractivity contribution is 0.0472. The second-order valence-corrected chi connectivity index (χ2v) is 5.46. The molecule has 0 radical (unpaired) electrons. The van der Waals surface area contributed by atoms with Gasteiger partial charge in [-0.25, -0.2) is 4.79 Å².